The number of halogens is 2. The Morgan fingerprint density at radius 1 is 1.17 bits per heavy atom. The first kappa shape index (κ1) is 22.4. The molecule has 10 heteroatoms. The van der Waals surface area contributed by atoms with Crippen molar-refractivity contribution in [1.29, 1.82) is 0 Å². The number of ether oxygens (including phenoxy) is 1. The molecule has 0 fully saturated rings. The van der Waals surface area contributed by atoms with Gasteiger partial charge in [0.25, 0.3) is 0 Å². The van der Waals surface area contributed by atoms with Crippen LogP contribution in [0.2, 0.25) is 10.0 Å². The molecule has 0 aliphatic rings. The molecular formula is C20H21Cl2N5O2S. The van der Waals surface area contributed by atoms with E-state index in [2.05, 4.69) is 20.5 Å². The number of hydrogen-bond donors (Lipinski definition) is 1. The Bertz CT molecular complexity index is 1040. The molecule has 0 aliphatic heterocycles. The molecule has 158 valence electrons. The van der Waals surface area contributed by atoms with Crippen molar-refractivity contribution < 1.29 is 9.53 Å². The van der Waals surface area contributed by atoms with Crippen molar-refractivity contribution in [1.82, 2.24) is 19.7 Å². The molecule has 0 radical (unpaired) electrons. The number of hydrogen-bond acceptors (Lipinski definition) is 6. The predicted molar refractivity (Wildman–Crippen MR) is 121 cm³/mol. The topological polar surface area (TPSA) is 81.9 Å². The third kappa shape index (κ3) is 5.06. The standard InChI is InChI=1S/C20H21Cl2N5O2S/c1-11(2)27-18(13-5-7-15(29-4)8-6-13)25-26-20(27)30-12(3)19(28)24-17-16(22)9-14(21)10-23-17/h5-12H,1-4H3,(H,23,24,28)/t12-/m1/s1. The number of rotatable bonds is 7. The number of benzene rings is 1. The molecule has 0 saturated carbocycles. The summed E-state index contributed by atoms with van der Waals surface area (Å²) >= 11 is 13.3. The number of nitrogens with one attached hydrogen (secondary N) is 1. The summed E-state index contributed by atoms with van der Waals surface area (Å²) in [5.41, 5.74) is 0.915. The van der Waals surface area contributed by atoms with Crippen LogP contribution in [-0.4, -0.2) is 38.0 Å². The summed E-state index contributed by atoms with van der Waals surface area (Å²) in [6, 6.07) is 9.24. The fourth-order valence-corrected chi connectivity index (χ4v) is 4.10. The average Bonchev–Trinajstić information content (AvgIpc) is 3.13. The van der Waals surface area contributed by atoms with Gasteiger partial charge in [0.05, 0.1) is 22.4 Å². The lowest BCUT2D eigenvalue weighted by Gasteiger charge is -2.16. The molecule has 3 aromatic rings. The number of amides is 1. The van der Waals surface area contributed by atoms with Crippen molar-refractivity contribution in [2.45, 2.75) is 37.2 Å². The molecular weight excluding hydrogens is 445 g/mol. The third-order valence-electron chi connectivity index (χ3n) is 4.23. The summed E-state index contributed by atoms with van der Waals surface area (Å²) in [5.74, 6) is 1.51. The van der Waals surface area contributed by atoms with Crippen LogP contribution in [0.25, 0.3) is 11.4 Å². The SMILES string of the molecule is COc1ccc(-c2nnc(S[C@H](C)C(=O)Nc3ncc(Cl)cc3Cl)n2C(C)C)cc1. The van der Waals surface area contributed by atoms with Crippen LogP contribution < -0.4 is 10.1 Å². The molecule has 0 saturated heterocycles. The Labute approximate surface area is 189 Å². The molecule has 0 unspecified atom stereocenters. The van der Waals surface area contributed by atoms with Crippen LogP contribution in [0.3, 0.4) is 0 Å². The van der Waals surface area contributed by atoms with E-state index in [1.165, 1.54) is 24.0 Å². The second kappa shape index (κ2) is 9.68. The lowest BCUT2D eigenvalue weighted by Crippen LogP contribution is -2.23. The second-order valence-corrected chi connectivity index (χ2v) is 8.88. The van der Waals surface area contributed by atoms with E-state index in [0.717, 1.165) is 17.1 Å². The monoisotopic (exact) mass is 465 g/mol. The Balaban J connectivity index is 1.79. The zero-order chi connectivity index (χ0) is 21.8. The Morgan fingerprint density at radius 3 is 2.47 bits per heavy atom. The number of pyridine rings is 1. The van der Waals surface area contributed by atoms with Gasteiger partial charge in [0.2, 0.25) is 5.91 Å². The minimum atomic E-state index is -0.455. The van der Waals surface area contributed by atoms with Crippen LogP contribution in [0, 0.1) is 0 Å². The normalized spacial score (nSPS) is 12.1. The lowest BCUT2D eigenvalue weighted by atomic mass is 10.2. The molecule has 1 amide bonds. The van der Waals surface area contributed by atoms with Crippen molar-refractivity contribution in [3.63, 3.8) is 0 Å². The summed E-state index contributed by atoms with van der Waals surface area (Å²) in [6.07, 6.45) is 1.43. The maximum atomic E-state index is 12.6. The van der Waals surface area contributed by atoms with Crippen LogP contribution in [0.4, 0.5) is 5.82 Å². The zero-order valence-electron chi connectivity index (χ0n) is 16.9. The molecule has 2 heterocycles. The number of anilines is 1. The highest BCUT2D eigenvalue weighted by Crippen LogP contribution is 2.31. The Morgan fingerprint density at radius 2 is 1.87 bits per heavy atom. The average molecular weight is 466 g/mol. The number of thioether (sulfide) groups is 1. The first-order valence-electron chi connectivity index (χ1n) is 9.18. The van der Waals surface area contributed by atoms with Gasteiger partial charge in [0.1, 0.15) is 5.75 Å². The summed E-state index contributed by atoms with van der Waals surface area (Å²) < 4.78 is 7.22. The van der Waals surface area contributed by atoms with Crippen LogP contribution in [0.15, 0.2) is 41.7 Å². The van der Waals surface area contributed by atoms with Gasteiger partial charge >= 0.3 is 0 Å². The quantitative estimate of drug-likeness (QED) is 0.473. The van der Waals surface area contributed by atoms with E-state index in [1.807, 2.05) is 42.7 Å². The summed E-state index contributed by atoms with van der Waals surface area (Å²) in [5, 5.41) is 12.3. The Kier molecular flexibility index (Phi) is 7.23. The molecule has 1 atom stereocenters. The van der Waals surface area contributed by atoms with Crippen molar-refractivity contribution in [2.75, 3.05) is 12.4 Å². The first-order valence-corrected chi connectivity index (χ1v) is 10.8. The molecule has 30 heavy (non-hydrogen) atoms. The largest absolute Gasteiger partial charge is 0.497 e. The van der Waals surface area contributed by atoms with Crippen molar-refractivity contribution >= 4 is 46.7 Å². The van der Waals surface area contributed by atoms with Gasteiger partial charge < -0.3 is 10.1 Å². The number of carbonyl (C=O) groups excluding carboxylic acids is 1. The van der Waals surface area contributed by atoms with Crippen molar-refractivity contribution in [2.24, 2.45) is 0 Å². The molecule has 3 rings (SSSR count). The molecule has 0 aliphatic carbocycles. The van der Waals surface area contributed by atoms with Crippen molar-refractivity contribution in [3.8, 4) is 17.1 Å². The van der Waals surface area contributed by atoms with Crippen LogP contribution in [-0.2, 0) is 4.79 Å². The van der Waals surface area contributed by atoms with E-state index in [0.29, 0.717) is 10.2 Å². The zero-order valence-corrected chi connectivity index (χ0v) is 19.2. The van der Waals surface area contributed by atoms with Gasteiger partial charge in [-0.15, -0.1) is 10.2 Å². The van der Waals surface area contributed by atoms with Gasteiger partial charge in [-0.2, -0.15) is 0 Å². The fraction of sp³-hybridized carbons (Fsp3) is 0.300. The highest BCUT2D eigenvalue weighted by atomic mass is 35.5. The van der Waals surface area contributed by atoms with Crippen LogP contribution in [0.5, 0.6) is 5.75 Å². The maximum Gasteiger partial charge on any atom is 0.238 e. The number of nitrogens with zero attached hydrogens (tertiary/aromatic N) is 4. The summed E-state index contributed by atoms with van der Waals surface area (Å²) in [4.78, 5) is 16.7. The number of aromatic nitrogens is 4. The van der Waals surface area contributed by atoms with Gasteiger partial charge in [-0.05, 0) is 51.1 Å². The first-order chi connectivity index (χ1) is 14.3. The molecule has 1 aromatic carbocycles. The molecule has 2 aromatic heterocycles. The molecule has 0 bridgehead atoms. The number of carbonyl (C=O) groups is 1. The van der Waals surface area contributed by atoms with Gasteiger partial charge in [-0.3, -0.25) is 9.36 Å². The maximum absolute atomic E-state index is 12.6. The Hall–Kier alpha value is -2.29. The van der Waals surface area contributed by atoms with E-state index < -0.39 is 5.25 Å². The molecule has 0 spiro atoms. The van der Waals surface area contributed by atoms with E-state index in [-0.39, 0.29) is 22.8 Å². The van der Waals surface area contributed by atoms with Crippen LogP contribution >= 0.6 is 35.0 Å². The van der Waals surface area contributed by atoms with Gasteiger partial charge in [-0.25, -0.2) is 4.98 Å². The van der Waals surface area contributed by atoms with E-state index in [4.69, 9.17) is 27.9 Å². The molecule has 7 nitrogen and oxygen atoms in total. The van der Waals surface area contributed by atoms with Crippen LogP contribution in [0.1, 0.15) is 26.8 Å². The summed E-state index contributed by atoms with van der Waals surface area (Å²) in [7, 11) is 1.62. The minimum Gasteiger partial charge on any atom is -0.497 e. The van der Waals surface area contributed by atoms with E-state index in [9.17, 15) is 4.79 Å². The molecule has 1 N–H and O–H groups in total. The second-order valence-electron chi connectivity index (χ2n) is 6.73. The summed E-state index contributed by atoms with van der Waals surface area (Å²) in [6.45, 7) is 5.88. The van der Waals surface area contributed by atoms with Gasteiger partial charge in [-0.1, -0.05) is 35.0 Å². The fourth-order valence-electron chi connectivity index (χ4n) is 2.70. The lowest BCUT2D eigenvalue weighted by molar-refractivity contribution is -0.115. The predicted octanol–water partition coefficient (Wildman–Crippen LogP) is 5.36. The smallest absolute Gasteiger partial charge is 0.238 e. The van der Waals surface area contributed by atoms with Crippen molar-refractivity contribution in [3.05, 3.63) is 46.6 Å². The van der Waals surface area contributed by atoms with E-state index >= 15 is 0 Å². The highest BCUT2D eigenvalue weighted by Gasteiger charge is 2.23. The van der Waals surface area contributed by atoms with Gasteiger partial charge in [0.15, 0.2) is 16.8 Å². The minimum absolute atomic E-state index is 0.0993. The number of methoxy groups -OCH3 is 1. The third-order valence-corrected chi connectivity index (χ3v) is 5.78. The highest BCUT2D eigenvalue weighted by molar-refractivity contribution is 8.00. The van der Waals surface area contributed by atoms with Gasteiger partial charge in [0, 0.05) is 17.8 Å². The van der Waals surface area contributed by atoms with E-state index in [1.54, 1.807) is 14.0 Å².